The highest BCUT2D eigenvalue weighted by Crippen LogP contribution is 2.48. The molecule has 0 bridgehead atoms. The van der Waals surface area contributed by atoms with Crippen molar-refractivity contribution in [3.05, 3.63) is 58.1 Å². The van der Waals surface area contributed by atoms with Crippen LogP contribution in [0.5, 0.6) is 0 Å². The number of piperazine rings is 2. The average molecular weight is 1330 g/mol. The van der Waals surface area contributed by atoms with Crippen LogP contribution in [0.4, 0.5) is 46.5 Å². The van der Waals surface area contributed by atoms with Gasteiger partial charge in [0.25, 0.3) is 0 Å². The van der Waals surface area contributed by atoms with Gasteiger partial charge in [0.05, 0.1) is 85.7 Å². The SMILES string of the molecule is CC1(C)OB(c2cnc(N)nc2N)OC1(C)C.Cc1c(CN2CCN(S(C)(=O)=O)CC2)sc2c(N3CCOCC3)nc(-c3cnc(N)nc3N)c([N+](=O)[O-])c12.Cc1c(CN2CCN(S(C)(=O)=O)CC2)sc2c(N3CCOCC3)nc(Br)c([N+](=O)[O-])c12. The number of nitrogens with zero attached hydrogens (tertiary/aromatic N) is 14. The summed E-state index contributed by atoms with van der Waals surface area (Å²) in [7, 11) is -6.98. The van der Waals surface area contributed by atoms with Crippen LogP contribution >= 0.6 is 38.6 Å². The van der Waals surface area contributed by atoms with Crippen LogP contribution in [-0.2, 0) is 51.9 Å². The monoisotopic (exact) mass is 1330 g/mol. The molecule has 0 unspecified atom stereocenters. The first-order chi connectivity index (χ1) is 40.4. The number of hydrogen-bond donors (Lipinski definition) is 4. The summed E-state index contributed by atoms with van der Waals surface area (Å²) in [4.78, 5) is 59.3. The number of nitrogen functional groups attached to an aromatic ring is 4. The van der Waals surface area contributed by atoms with Gasteiger partial charge in [-0.15, -0.1) is 22.7 Å². The summed E-state index contributed by atoms with van der Waals surface area (Å²) in [6, 6.07) is 0. The maximum absolute atomic E-state index is 12.5. The Labute approximate surface area is 514 Å². The first-order valence-corrected chi connectivity index (χ1v) is 33.5. The Morgan fingerprint density at radius 1 is 0.616 bits per heavy atom. The van der Waals surface area contributed by atoms with Gasteiger partial charge >= 0.3 is 18.5 Å². The summed E-state index contributed by atoms with van der Waals surface area (Å²) in [6.07, 6.45) is 5.36. The maximum atomic E-state index is 12.5. The second kappa shape index (κ2) is 25.7. The first kappa shape index (κ1) is 64.6. The lowest BCUT2D eigenvalue weighted by atomic mass is 9.80. The molecule has 0 atom stereocenters. The molecule has 30 nitrogen and oxygen atoms in total. The Morgan fingerprint density at radius 2 is 1.02 bits per heavy atom. The molecule has 0 amide bonds. The lowest BCUT2D eigenvalue weighted by Gasteiger charge is -2.33. The minimum absolute atomic E-state index is 0.00564. The van der Waals surface area contributed by atoms with Crippen molar-refractivity contribution in [1.29, 1.82) is 0 Å². The summed E-state index contributed by atoms with van der Waals surface area (Å²) in [5.41, 5.74) is 24.7. The minimum Gasteiger partial charge on any atom is -0.399 e. The Balaban J connectivity index is 0.000000165. The van der Waals surface area contributed by atoms with Crippen molar-refractivity contribution in [1.82, 2.24) is 48.3 Å². The lowest BCUT2D eigenvalue weighted by molar-refractivity contribution is -0.384. The number of pyridine rings is 2. The van der Waals surface area contributed by atoms with Gasteiger partial charge in [0.15, 0.2) is 10.3 Å². The van der Waals surface area contributed by atoms with Crippen LogP contribution in [0.1, 0.15) is 48.6 Å². The molecule has 0 aliphatic carbocycles. The molecule has 86 heavy (non-hydrogen) atoms. The van der Waals surface area contributed by atoms with Crippen molar-refractivity contribution in [3.8, 4) is 11.3 Å². The van der Waals surface area contributed by atoms with Crippen molar-refractivity contribution in [2.24, 2.45) is 0 Å². The van der Waals surface area contributed by atoms with Gasteiger partial charge in [-0.05, 0) is 68.6 Å². The number of anilines is 6. The molecule has 6 aromatic rings. The molecular formula is C50H70BBrN18O12S4. The topological polar surface area (TPSA) is 392 Å². The van der Waals surface area contributed by atoms with E-state index in [2.05, 4.69) is 60.4 Å². The van der Waals surface area contributed by atoms with E-state index in [-0.39, 0.29) is 55.7 Å². The number of ether oxygens (including phenoxy) is 2. The number of morpholine rings is 2. The highest BCUT2D eigenvalue weighted by molar-refractivity contribution is 9.10. The number of aromatic nitrogens is 6. The van der Waals surface area contributed by atoms with Crippen molar-refractivity contribution < 1.29 is 45.5 Å². The van der Waals surface area contributed by atoms with Gasteiger partial charge in [0.2, 0.25) is 31.9 Å². The lowest BCUT2D eigenvalue weighted by Crippen LogP contribution is -2.47. The van der Waals surface area contributed by atoms with E-state index in [0.29, 0.717) is 140 Å². The van der Waals surface area contributed by atoms with Gasteiger partial charge in [0, 0.05) is 119 Å². The number of aryl methyl sites for hydroxylation is 2. The van der Waals surface area contributed by atoms with Gasteiger partial charge in [-0.2, -0.15) is 18.6 Å². The quantitative estimate of drug-likeness (QED) is 0.0591. The molecule has 466 valence electrons. The smallest absolute Gasteiger partial charge is 0.399 e. The Kier molecular flexibility index (Phi) is 19.3. The number of fused-ring (bicyclic) bond motifs is 2. The molecule has 8 N–H and O–H groups in total. The molecule has 0 saturated carbocycles. The van der Waals surface area contributed by atoms with Gasteiger partial charge in [0.1, 0.15) is 23.3 Å². The van der Waals surface area contributed by atoms with Crippen LogP contribution in [0.25, 0.3) is 31.4 Å². The second-order valence-corrected chi connectivity index (χ2v) is 29.1. The summed E-state index contributed by atoms with van der Waals surface area (Å²) in [6.45, 7) is 21.8. The van der Waals surface area contributed by atoms with Crippen LogP contribution in [0.15, 0.2) is 17.0 Å². The Bertz CT molecular complexity index is 3760. The Morgan fingerprint density at radius 3 is 1.43 bits per heavy atom. The summed E-state index contributed by atoms with van der Waals surface area (Å²) in [5, 5.41) is 25.5. The third kappa shape index (κ3) is 13.8. The fourth-order valence-corrected chi connectivity index (χ4v) is 15.4. The van der Waals surface area contributed by atoms with E-state index < -0.39 is 43.3 Å². The predicted octanol–water partition coefficient (Wildman–Crippen LogP) is 3.18. The number of sulfonamides is 2. The molecule has 5 aliphatic heterocycles. The van der Waals surface area contributed by atoms with Crippen molar-refractivity contribution >= 4 is 138 Å². The van der Waals surface area contributed by atoms with Crippen LogP contribution < -0.4 is 38.2 Å². The van der Waals surface area contributed by atoms with Crippen molar-refractivity contribution in [2.45, 2.75) is 65.8 Å². The molecule has 0 aromatic carbocycles. The first-order valence-electron chi connectivity index (χ1n) is 27.4. The third-order valence-electron chi connectivity index (χ3n) is 16.0. The zero-order chi connectivity index (χ0) is 62.4. The molecule has 11 heterocycles. The third-order valence-corrected chi connectivity index (χ3v) is 21.7. The van der Waals surface area contributed by atoms with E-state index >= 15 is 0 Å². The van der Waals surface area contributed by atoms with E-state index in [9.17, 15) is 37.1 Å². The average Bonchev–Trinajstić information content (AvgIpc) is 1.59. The highest BCUT2D eigenvalue weighted by Gasteiger charge is 2.52. The molecular weight excluding hydrogens is 1260 g/mol. The fraction of sp³-hybridized carbons (Fsp3) is 0.560. The van der Waals surface area contributed by atoms with Gasteiger partial charge in [-0.1, -0.05) is 0 Å². The van der Waals surface area contributed by atoms with Gasteiger partial charge in [-0.3, -0.25) is 30.0 Å². The minimum atomic E-state index is -3.24. The van der Waals surface area contributed by atoms with Gasteiger partial charge in [-0.25, -0.2) is 36.8 Å². The summed E-state index contributed by atoms with van der Waals surface area (Å²) in [5.74, 6) is 1.78. The molecule has 5 fully saturated rings. The number of thiophene rings is 2. The molecule has 5 aliphatic rings. The molecule has 5 saturated heterocycles. The molecule has 6 aromatic heterocycles. The van der Waals surface area contributed by atoms with Gasteiger partial charge < -0.3 is 51.5 Å². The number of hydrogen-bond acceptors (Lipinski definition) is 28. The van der Waals surface area contributed by atoms with E-state index in [1.807, 2.05) is 41.5 Å². The number of halogens is 1. The highest BCUT2D eigenvalue weighted by atomic mass is 79.9. The van der Waals surface area contributed by atoms with Crippen LogP contribution in [0.3, 0.4) is 0 Å². The summed E-state index contributed by atoms with van der Waals surface area (Å²) >= 11 is 6.35. The standard InChI is InChI=1S/C22H29N9O5S2.C18H24BrN5O5S2.C10H17BN4O2/c1-13-15(12-28-3-5-30(6-4-28)38(2,34)35)37-19-16(13)18(31(32)33)17(14-11-25-22(24)27-20(14)23)26-21(19)29-7-9-36-10-8-29;1-12-13(11-21-3-5-23(6-4-21)31(2,27)28)30-16-14(12)15(24(25)26)17(19)20-18(16)22-7-9-29-10-8-22;1-9(2)10(3,4)17-11(16-9)6-5-14-8(13)15-7(6)12/h11H,3-10,12H2,1-2H3,(H4,23,24,25,27);3-11H2,1-2H3;5H,1-4H3,(H4,12,13,14,15). The van der Waals surface area contributed by atoms with E-state index in [4.69, 9.17) is 46.7 Å². The zero-order valence-corrected chi connectivity index (χ0v) is 53.8. The van der Waals surface area contributed by atoms with Crippen molar-refractivity contribution in [3.63, 3.8) is 0 Å². The normalized spacial score (nSPS) is 19.1. The van der Waals surface area contributed by atoms with Crippen LogP contribution in [0.2, 0.25) is 0 Å². The second-order valence-electron chi connectivity index (χ2n) is 22.2. The molecule has 0 spiro atoms. The van der Waals surface area contributed by atoms with E-state index in [0.717, 1.165) is 36.1 Å². The van der Waals surface area contributed by atoms with Crippen LogP contribution in [0, 0.1) is 34.1 Å². The van der Waals surface area contributed by atoms with E-state index in [1.54, 1.807) is 17.5 Å². The van der Waals surface area contributed by atoms with Crippen LogP contribution in [-0.4, -0.2) is 211 Å². The maximum Gasteiger partial charge on any atom is 0.500 e. The summed E-state index contributed by atoms with van der Waals surface area (Å²) < 4.78 is 74.7. The fourth-order valence-electron chi connectivity index (χ4n) is 10.5. The number of rotatable bonds is 12. The Hall–Kier alpha value is -5.90. The number of nitrogens with two attached hydrogens (primary N) is 4. The molecule has 11 rings (SSSR count). The van der Waals surface area contributed by atoms with E-state index in [1.165, 1.54) is 38.7 Å². The predicted molar refractivity (Wildman–Crippen MR) is 336 cm³/mol. The number of nitro groups is 2. The zero-order valence-electron chi connectivity index (χ0n) is 48.9. The largest absolute Gasteiger partial charge is 0.500 e. The molecule has 36 heteroatoms. The molecule has 0 radical (unpaired) electrons. The van der Waals surface area contributed by atoms with Crippen molar-refractivity contribution in [2.75, 3.05) is 150 Å².